The van der Waals surface area contributed by atoms with E-state index in [1.165, 1.54) is 89.9 Å². The molecule has 4 nitrogen and oxygen atoms in total. The molecular formula is C20H36N4. The number of unbranched alkanes of at least 4 members (excludes halogenated alkanes) is 6. The van der Waals surface area contributed by atoms with Crippen molar-refractivity contribution in [2.45, 2.75) is 103 Å². The Morgan fingerprint density at radius 2 is 1.58 bits per heavy atom. The van der Waals surface area contributed by atoms with E-state index >= 15 is 0 Å². The SMILES string of the molecule is CCCCCCCCCNc1nncc(C2CCCCCCC2)n1. The van der Waals surface area contributed by atoms with Crippen molar-refractivity contribution < 1.29 is 0 Å². The van der Waals surface area contributed by atoms with Gasteiger partial charge in [-0.15, -0.1) is 5.10 Å². The fraction of sp³-hybridized carbons (Fsp3) is 0.850. The average Bonchev–Trinajstić information content (AvgIpc) is 2.57. The molecule has 0 aliphatic heterocycles. The van der Waals surface area contributed by atoms with Crippen LogP contribution in [0.1, 0.15) is 108 Å². The summed E-state index contributed by atoms with van der Waals surface area (Å²) in [4.78, 5) is 4.74. The number of hydrogen-bond donors (Lipinski definition) is 1. The highest BCUT2D eigenvalue weighted by Crippen LogP contribution is 2.29. The van der Waals surface area contributed by atoms with Gasteiger partial charge in [-0.1, -0.05) is 77.6 Å². The van der Waals surface area contributed by atoms with Crippen LogP contribution in [0.4, 0.5) is 5.95 Å². The van der Waals surface area contributed by atoms with E-state index in [0.717, 1.165) is 18.2 Å². The van der Waals surface area contributed by atoms with Gasteiger partial charge in [0.15, 0.2) is 0 Å². The maximum absolute atomic E-state index is 4.74. The van der Waals surface area contributed by atoms with E-state index in [2.05, 4.69) is 22.4 Å². The van der Waals surface area contributed by atoms with E-state index in [4.69, 9.17) is 4.98 Å². The summed E-state index contributed by atoms with van der Waals surface area (Å²) >= 11 is 0. The fourth-order valence-electron chi connectivity index (χ4n) is 3.62. The first kappa shape index (κ1) is 19.1. The molecule has 0 unspecified atom stereocenters. The van der Waals surface area contributed by atoms with Gasteiger partial charge in [0.25, 0.3) is 0 Å². The second-order valence-corrected chi connectivity index (χ2v) is 7.29. The number of nitrogens with zero attached hydrogens (tertiary/aromatic N) is 3. The highest BCUT2D eigenvalue weighted by Gasteiger charge is 2.16. The molecule has 1 aliphatic carbocycles. The van der Waals surface area contributed by atoms with Gasteiger partial charge in [-0.25, -0.2) is 4.98 Å². The van der Waals surface area contributed by atoms with Crippen molar-refractivity contribution in [1.82, 2.24) is 15.2 Å². The van der Waals surface area contributed by atoms with Crippen LogP contribution in [0.15, 0.2) is 6.20 Å². The highest BCUT2D eigenvalue weighted by atomic mass is 15.2. The molecule has 1 fully saturated rings. The first-order chi connectivity index (χ1) is 11.9. The number of nitrogens with one attached hydrogen (secondary N) is 1. The first-order valence-electron chi connectivity index (χ1n) is 10.3. The Morgan fingerprint density at radius 1 is 0.917 bits per heavy atom. The smallest absolute Gasteiger partial charge is 0.242 e. The number of aromatic nitrogens is 3. The van der Waals surface area contributed by atoms with Gasteiger partial charge in [-0.05, 0) is 19.3 Å². The molecule has 0 radical (unpaired) electrons. The van der Waals surface area contributed by atoms with Crippen LogP contribution < -0.4 is 5.32 Å². The Kier molecular flexibility index (Phi) is 9.74. The van der Waals surface area contributed by atoms with E-state index < -0.39 is 0 Å². The molecule has 1 aromatic heterocycles. The zero-order chi connectivity index (χ0) is 16.9. The molecule has 1 N–H and O–H groups in total. The van der Waals surface area contributed by atoms with Crippen molar-refractivity contribution in [3.05, 3.63) is 11.9 Å². The molecule has 0 bridgehead atoms. The molecule has 1 heterocycles. The minimum Gasteiger partial charge on any atom is -0.353 e. The molecule has 1 aliphatic rings. The van der Waals surface area contributed by atoms with E-state index in [1.54, 1.807) is 0 Å². The Balaban J connectivity index is 1.68. The topological polar surface area (TPSA) is 50.7 Å². The minimum atomic E-state index is 0.583. The Labute approximate surface area is 148 Å². The third-order valence-corrected chi connectivity index (χ3v) is 5.16. The van der Waals surface area contributed by atoms with Crippen LogP contribution in [-0.4, -0.2) is 21.7 Å². The number of hydrogen-bond acceptors (Lipinski definition) is 4. The molecule has 0 spiro atoms. The lowest BCUT2D eigenvalue weighted by molar-refractivity contribution is 0.448. The number of anilines is 1. The van der Waals surface area contributed by atoms with Crippen LogP contribution >= 0.6 is 0 Å². The third-order valence-electron chi connectivity index (χ3n) is 5.16. The second-order valence-electron chi connectivity index (χ2n) is 7.29. The van der Waals surface area contributed by atoms with Crippen LogP contribution in [0.5, 0.6) is 0 Å². The summed E-state index contributed by atoms with van der Waals surface area (Å²) in [5.41, 5.74) is 1.15. The van der Waals surface area contributed by atoms with E-state index in [9.17, 15) is 0 Å². The predicted octanol–water partition coefficient (Wildman–Crippen LogP) is 5.86. The largest absolute Gasteiger partial charge is 0.353 e. The standard InChI is InChI=1S/C20H36N4/c1-2-3-4-5-6-10-13-16-21-20-23-19(17-22-24-20)18-14-11-8-7-9-12-15-18/h17-18H,2-16H2,1H3,(H,21,23,24). The third kappa shape index (κ3) is 7.59. The average molecular weight is 333 g/mol. The van der Waals surface area contributed by atoms with Gasteiger partial charge >= 0.3 is 0 Å². The van der Waals surface area contributed by atoms with Crippen molar-refractivity contribution in [2.75, 3.05) is 11.9 Å². The van der Waals surface area contributed by atoms with Gasteiger partial charge in [0.2, 0.25) is 5.95 Å². The van der Waals surface area contributed by atoms with Crippen LogP contribution in [0.2, 0.25) is 0 Å². The molecule has 1 aromatic rings. The molecule has 0 aromatic carbocycles. The lowest BCUT2D eigenvalue weighted by Crippen LogP contribution is -2.11. The highest BCUT2D eigenvalue weighted by molar-refractivity contribution is 5.23. The molecule has 0 amide bonds. The maximum atomic E-state index is 4.74. The normalized spacial score (nSPS) is 16.5. The van der Waals surface area contributed by atoms with Crippen molar-refractivity contribution in [2.24, 2.45) is 0 Å². The lowest BCUT2D eigenvalue weighted by Gasteiger charge is -2.19. The summed E-state index contributed by atoms with van der Waals surface area (Å²) in [6.45, 7) is 3.23. The zero-order valence-electron chi connectivity index (χ0n) is 15.6. The van der Waals surface area contributed by atoms with Gasteiger partial charge in [0.05, 0.1) is 11.9 Å². The van der Waals surface area contributed by atoms with Gasteiger partial charge in [0.1, 0.15) is 0 Å². The molecule has 4 heteroatoms. The van der Waals surface area contributed by atoms with E-state index in [-0.39, 0.29) is 0 Å². The molecule has 2 rings (SSSR count). The molecular weight excluding hydrogens is 296 g/mol. The van der Waals surface area contributed by atoms with E-state index in [0.29, 0.717) is 5.92 Å². The maximum Gasteiger partial charge on any atom is 0.242 e. The summed E-state index contributed by atoms with van der Waals surface area (Å²) < 4.78 is 0. The minimum absolute atomic E-state index is 0.583. The summed E-state index contributed by atoms with van der Waals surface area (Å²) in [5.74, 6) is 1.31. The fourth-order valence-corrected chi connectivity index (χ4v) is 3.62. The number of rotatable bonds is 10. The Morgan fingerprint density at radius 3 is 2.33 bits per heavy atom. The monoisotopic (exact) mass is 332 g/mol. The van der Waals surface area contributed by atoms with Gasteiger partial charge < -0.3 is 5.32 Å². The first-order valence-corrected chi connectivity index (χ1v) is 10.3. The predicted molar refractivity (Wildman–Crippen MR) is 101 cm³/mol. The van der Waals surface area contributed by atoms with Crippen LogP contribution in [0.25, 0.3) is 0 Å². The second kappa shape index (κ2) is 12.2. The summed E-state index contributed by atoms with van der Waals surface area (Å²) in [6, 6.07) is 0. The Bertz CT molecular complexity index is 427. The molecule has 0 saturated heterocycles. The van der Waals surface area contributed by atoms with Crippen molar-refractivity contribution >= 4 is 5.95 Å². The van der Waals surface area contributed by atoms with Gasteiger partial charge in [-0.3, -0.25) is 0 Å². The van der Waals surface area contributed by atoms with Crippen LogP contribution in [0.3, 0.4) is 0 Å². The quantitative estimate of drug-likeness (QED) is 0.545. The summed E-state index contributed by atoms with van der Waals surface area (Å²) in [7, 11) is 0. The zero-order valence-corrected chi connectivity index (χ0v) is 15.6. The molecule has 1 saturated carbocycles. The Hall–Kier alpha value is -1.19. The van der Waals surface area contributed by atoms with Crippen molar-refractivity contribution in [3.63, 3.8) is 0 Å². The van der Waals surface area contributed by atoms with Crippen LogP contribution in [0, 0.1) is 0 Å². The lowest BCUT2D eigenvalue weighted by atomic mass is 9.89. The van der Waals surface area contributed by atoms with Gasteiger partial charge in [-0.2, -0.15) is 5.10 Å². The van der Waals surface area contributed by atoms with Crippen LogP contribution in [-0.2, 0) is 0 Å². The summed E-state index contributed by atoms with van der Waals surface area (Å²) in [6.07, 6.45) is 20.5. The van der Waals surface area contributed by atoms with E-state index in [1.807, 2.05) is 6.20 Å². The molecule has 24 heavy (non-hydrogen) atoms. The van der Waals surface area contributed by atoms with Crippen molar-refractivity contribution in [1.29, 1.82) is 0 Å². The molecule has 136 valence electrons. The summed E-state index contributed by atoms with van der Waals surface area (Å²) in [5, 5.41) is 11.7. The van der Waals surface area contributed by atoms with Gasteiger partial charge in [0, 0.05) is 12.5 Å². The molecule has 0 atom stereocenters. The van der Waals surface area contributed by atoms with Crippen molar-refractivity contribution in [3.8, 4) is 0 Å².